The maximum absolute atomic E-state index is 12.8. The average Bonchev–Trinajstić information content (AvgIpc) is 3.33. The van der Waals surface area contributed by atoms with Gasteiger partial charge < -0.3 is 14.2 Å². The molecule has 0 saturated heterocycles. The molecule has 0 rings (SSSR count). The third-order valence-electron chi connectivity index (χ3n) is 11.0. The fourth-order valence-electron chi connectivity index (χ4n) is 6.95. The van der Waals surface area contributed by atoms with Crippen LogP contribution in [0.15, 0.2) is 122 Å². The summed E-state index contributed by atoms with van der Waals surface area (Å²) in [6.45, 7) is 6.38. The molecule has 378 valence electrons. The van der Waals surface area contributed by atoms with E-state index in [1.807, 2.05) is 0 Å². The van der Waals surface area contributed by atoms with Gasteiger partial charge in [0.1, 0.15) is 13.2 Å². The summed E-state index contributed by atoms with van der Waals surface area (Å²) in [7, 11) is 0. The molecule has 0 radical (unpaired) electrons. The van der Waals surface area contributed by atoms with Crippen molar-refractivity contribution in [2.45, 2.75) is 232 Å². The number of carbonyl (C=O) groups excluding carboxylic acids is 3. The number of rotatable bonds is 47. The van der Waals surface area contributed by atoms with E-state index in [1.165, 1.54) is 70.6 Å². The van der Waals surface area contributed by atoms with Crippen LogP contribution in [0.3, 0.4) is 0 Å². The zero-order chi connectivity index (χ0) is 48.6. The molecule has 0 aliphatic carbocycles. The summed E-state index contributed by atoms with van der Waals surface area (Å²) in [4.78, 5) is 38.1. The third-order valence-corrected chi connectivity index (χ3v) is 11.0. The van der Waals surface area contributed by atoms with Gasteiger partial charge in [-0.25, -0.2) is 0 Å². The predicted molar refractivity (Wildman–Crippen MR) is 288 cm³/mol. The summed E-state index contributed by atoms with van der Waals surface area (Å²) in [6, 6.07) is 0. The Kier molecular flexibility index (Phi) is 51.0. The highest BCUT2D eigenvalue weighted by atomic mass is 16.6. The second-order valence-electron chi connectivity index (χ2n) is 17.5. The van der Waals surface area contributed by atoms with Crippen molar-refractivity contribution in [3.05, 3.63) is 122 Å². The van der Waals surface area contributed by atoms with Crippen molar-refractivity contribution in [3.63, 3.8) is 0 Å². The van der Waals surface area contributed by atoms with Gasteiger partial charge in [-0.3, -0.25) is 14.4 Å². The monoisotopic (exact) mass is 927 g/mol. The van der Waals surface area contributed by atoms with Crippen LogP contribution in [0.4, 0.5) is 0 Å². The first-order chi connectivity index (χ1) is 33.0. The van der Waals surface area contributed by atoms with E-state index in [9.17, 15) is 14.4 Å². The third kappa shape index (κ3) is 52.6. The first-order valence-electron chi connectivity index (χ1n) is 27.1. The molecule has 0 bridgehead atoms. The Bertz CT molecular complexity index is 1440. The number of allylic oxidation sites excluding steroid dienone is 20. The minimum absolute atomic E-state index is 0.115. The zero-order valence-electron chi connectivity index (χ0n) is 43.1. The molecule has 0 heterocycles. The van der Waals surface area contributed by atoms with Gasteiger partial charge in [0.25, 0.3) is 0 Å². The van der Waals surface area contributed by atoms with E-state index in [2.05, 4.69) is 142 Å². The summed E-state index contributed by atoms with van der Waals surface area (Å²) in [5, 5.41) is 0. The fraction of sp³-hybridized carbons (Fsp3) is 0.623. The second-order valence-corrected chi connectivity index (χ2v) is 17.5. The Labute approximate surface area is 412 Å². The number of unbranched alkanes of at least 4 members (excludes halogenated alkanes) is 19. The summed E-state index contributed by atoms with van der Waals surface area (Å²) < 4.78 is 16.8. The van der Waals surface area contributed by atoms with Gasteiger partial charge in [0.15, 0.2) is 6.10 Å². The van der Waals surface area contributed by atoms with Crippen LogP contribution in [0, 0.1) is 0 Å². The Morgan fingerprint density at radius 1 is 0.328 bits per heavy atom. The summed E-state index contributed by atoms with van der Waals surface area (Å²) >= 11 is 0. The normalized spacial score (nSPS) is 13.1. The van der Waals surface area contributed by atoms with Crippen LogP contribution < -0.4 is 0 Å². The fourth-order valence-corrected chi connectivity index (χ4v) is 6.95. The van der Waals surface area contributed by atoms with E-state index in [0.29, 0.717) is 19.3 Å². The van der Waals surface area contributed by atoms with Crippen LogP contribution in [0.2, 0.25) is 0 Å². The van der Waals surface area contributed by atoms with Gasteiger partial charge in [-0.15, -0.1) is 0 Å². The van der Waals surface area contributed by atoms with E-state index in [0.717, 1.165) is 109 Å². The molecule has 6 nitrogen and oxygen atoms in total. The van der Waals surface area contributed by atoms with Gasteiger partial charge in [-0.2, -0.15) is 0 Å². The quantitative estimate of drug-likeness (QED) is 0.0199. The van der Waals surface area contributed by atoms with Crippen molar-refractivity contribution in [2.75, 3.05) is 13.2 Å². The SMILES string of the molecule is CC/C=C\C/C=C\CCCCCCCCCC(=O)OCC(COC(=O)CCCCCCC\C=C/C=C\C=C/C=C\CCCCC)OC(=O)CCC/C=C\C/C=C\C/C=C\C/C=C\CCCCC. The van der Waals surface area contributed by atoms with Crippen molar-refractivity contribution in [1.82, 2.24) is 0 Å². The summed E-state index contributed by atoms with van der Waals surface area (Å²) in [5.41, 5.74) is 0. The molecule has 0 aromatic heterocycles. The molecule has 6 heteroatoms. The van der Waals surface area contributed by atoms with Crippen LogP contribution >= 0.6 is 0 Å². The minimum atomic E-state index is -0.823. The lowest BCUT2D eigenvalue weighted by molar-refractivity contribution is -0.167. The molecule has 67 heavy (non-hydrogen) atoms. The molecule has 0 aliphatic heterocycles. The molecule has 0 N–H and O–H groups in total. The Balaban J connectivity index is 4.56. The molecule has 0 aromatic carbocycles. The van der Waals surface area contributed by atoms with Crippen molar-refractivity contribution < 1.29 is 28.6 Å². The largest absolute Gasteiger partial charge is 0.462 e. The van der Waals surface area contributed by atoms with E-state index >= 15 is 0 Å². The predicted octanol–water partition coefficient (Wildman–Crippen LogP) is 18.1. The molecule has 0 aromatic rings. The lowest BCUT2D eigenvalue weighted by Gasteiger charge is -2.18. The number of hydrogen-bond donors (Lipinski definition) is 0. The van der Waals surface area contributed by atoms with Crippen LogP contribution in [0.1, 0.15) is 226 Å². The van der Waals surface area contributed by atoms with Gasteiger partial charge in [-0.1, -0.05) is 219 Å². The first kappa shape index (κ1) is 62.8. The molecule has 0 spiro atoms. The Morgan fingerprint density at radius 2 is 0.657 bits per heavy atom. The molecule has 1 unspecified atom stereocenters. The lowest BCUT2D eigenvalue weighted by Crippen LogP contribution is -2.30. The lowest BCUT2D eigenvalue weighted by atomic mass is 10.1. The Morgan fingerprint density at radius 3 is 1.09 bits per heavy atom. The maximum atomic E-state index is 12.8. The van der Waals surface area contributed by atoms with Gasteiger partial charge in [0, 0.05) is 19.3 Å². The molecule has 0 fully saturated rings. The summed E-state index contributed by atoms with van der Waals surface area (Å²) in [6.07, 6.45) is 74.7. The van der Waals surface area contributed by atoms with Crippen molar-refractivity contribution in [1.29, 1.82) is 0 Å². The maximum Gasteiger partial charge on any atom is 0.306 e. The summed E-state index contributed by atoms with van der Waals surface area (Å²) in [5.74, 6) is -1.01. The molecule has 0 aliphatic rings. The highest BCUT2D eigenvalue weighted by molar-refractivity contribution is 5.71. The Hall–Kier alpha value is -4.19. The number of carbonyl (C=O) groups is 3. The van der Waals surface area contributed by atoms with Crippen molar-refractivity contribution in [2.24, 2.45) is 0 Å². The first-order valence-corrected chi connectivity index (χ1v) is 27.1. The molecular formula is C61H98O6. The molecule has 0 saturated carbocycles. The van der Waals surface area contributed by atoms with E-state index in [-0.39, 0.29) is 37.5 Å². The van der Waals surface area contributed by atoms with Crippen molar-refractivity contribution >= 4 is 17.9 Å². The zero-order valence-corrected chi connectivity index (χ0v) is 43.1. The van der Waals surface area contributed by atoms with E-state index in [1.54, 1.807) is 0 Å². The van der Waals surface area contributed by atoms with Gasteiger partial charge >= 0.3 is 17.9 Å². The van der Waals surface area contributed by atoms with Gasteiger partial charge in [0.2, 0.25) is 0 Å². The van der Waals surface area contributed by atoms with E-state index in [4.69, 9.17) is 14.2 Å². The number of esters is 3. The molecular weight excluding hydrogens is 829 g/mol. The highest BCUT2D eigenvalue weighted by Crippen LogP contribution is 2.13. The highest BCUT2D eigenvalue weighted by Gasteiger charge is 2.19. The molecule has 1 atom stereocenters. The van der Waals surface area contributed by atoms with Crippen LogP contribution in [-0.2, 0) is 28.6 Å². The standard InChI is InChI=1S/C61H98O6/c1-4-7-10-13-16-19-22-25-28-30-32-33-36-39-42-45-48-51-54-60(63)66-57-58(56-65-59(62)53-50-47-44-41-38-35-27-24-21-18-15-12-9-6-3)67-61(64)55-52-49-46-43-40-37-34-31-29-26-23-20-17-14-11-8-5-2/h9,12,16-22,25-26,28-30,32-34,37,43,46,58H,4-8,10-11,13-15,23-24,27,31,35-36,38-42,44-45,47-57H2,1-3H3/b12-9-,19-16-,20-17-,21-18-,25-22-,29-26-,30-28-,33-32-,37-34-,46-43-. The average molecular weight is 927 g/mol. The van der Waals surface area contributed by atoms with Gasteiger partial charge in [0.05, 0.1) is 0 Å². The second kappa shape index (κ2) is 54.4. The number of hydrogen-bond acceptors (Lipinski definition) is 6. The van der Waals surface area contributed by atoms with Gasteiger partial charge in [-0.05, 0) is 109 Å². The van der Waals surface area contributed by atoms with E-state index < -0.39 is 6.10 Å². The minimum Gasteiger partial charge on any atom is -0.462 e. The molecule has 0 amide bonds. The number of ether oxygens (including phenoxy) is 3. The van der Waals surface area contributed by atoms with Crippen LogP contribution in [0.25, 0.3) is 0 Å². The van der Waals surface area contributed by atoms with Crippen LogP contribution in [0.5, 0.6) is 0 Å². The van der Waals surface area contributed by atoms with Crippen molar-refractivity contribution in [3.8, 4) is 0 Å². The topological polar surface area (TPSA) is 78.9 Å². The smallest absolute Gasteiger partial charge is 0.306 e. The van der Waals surface area contributed by atoms with Crippen LogP contribution in [-0.4, -0.2) is 37.2 Å².